The zero-order valence-electron chi connectivity index (χ0n) is 19.0. The van der Waals surface area contributed by atoms with E-state index in [4.69, 9.17) is 20.8 Å². The van der Waals surface area contributed by atoms with Crippen molar-refractivity contribution in [1.29, 1.82) is 0 Å². The molecule has 0 atom stereocenters. The van der Waals surface area contributed by atoms with Crippen LogP contribution in [0.15, 0.2) is 77.2 Å². The average molecular weight is 485 g/mol. The van der Waals surface area contributed by atoms with E-state index in [1.807, 2.05) is 32.1 Å². The molecule has 5 rings (SSSR count). The number of carbonyl (C=O) groups is 2. The minimum absolute atomic E-state index is 0.122. The highest BCUT2D eigenvalue weighted by Gasteiger charge is 2.27. The minimum atomic E-state index is -0.590. The first-order valence-corrected chi connectivity index (χ1v) is 11.4. The van der Waals surface area contributed by atoms with Gasteiger partial charge in [0.05, 0.1) is 0 Å². The van der Waals surface area contributed by atoms with Crippen LogP contribution in [0, 0.1) is 0 Å². The minimum Gasteiger partial charge on any atom is -0.507 e. The second-order valence-electron chi connectivity index (χ2n) is 8.86. The van der Waals surface area contributed by atoms with Crippen molar-refractivity contribution in [1.82, 2.24) is 0 Å². The van der Waals surface area contributed by atoms with E-state index in [1.165, 1.54) is 12.1 Å². The normalized spacial score (nSPS) is 14.1. The number of hydrogen-bond donors (Lipinski definition) is 1. The summed E-state index contributed by atoms with van der Waals surface area (Å²) < 4.78 is 11.7. The number of carbonyl (C=O) groups excluding carboxylic acids is 2. The van der Waals surface area contributed by atoms with Crippen molar-refractivity contribution in [2.24, 2.45) is 0 Å². The standard InChI is InChI=1S/C29H21ClO5/c1-29(2)14-13-19-7-11-23(32)26(28(19)35-29)22(31)10-3-17-4-12-24-20(15-17)16-25(34-24)27(33)18-5-8-21(30)9-6-18/h3-16,32H,1-2H3/b10-3+. The van der Waals surface area contributed by atoms with Crippen molar-refractivity contribution in [3.63, 3.8) is 0 Å². The number of halogens is 1. The summed E-state index contributed by atoms with van der Waals surface area (Å²) >= 11 is 5.90. The predicted octanol–water partition coefficient (Wildman–Crippen LogP) is 7.10. The van der Waals surface area contributed by atoms with E-state index in [0.717, 1.165) is 16.5 Å². The van der Waals surface area contributed by atoms with Gasteiger partial charge in [0.2, 0.25) is 5.78 Å². The molecule has 1 N–H and O–H groups in total. The average Bonchev–Trinajstić information content (AvgIpc) is 3.25. The van der Waals surface area contributed by atoms with Crippen LogP contribution in [0.1, 0.15) is 51.5 Å². The fraction of sp³-hybridized carbons (Fsp3) is 0.103. The number of rotatable bonds is 5. The van der Waals surface area contributed by atoms with E-state index in [9.17, 15) is 14.7 Å². The lowest BCUT2D eigenvalue weighted by Crippen LogP contribution is -2.28. The number of benzene rings is 3. The van der Waals surface area contributed by atoms with Crippen LogP contribution in [-0.4, -0.2) is 22.3 Å². The van der Waals surface area contributed by atoms with Gasteiger partial charge in [-0.2, -0.15) is 0 Å². The van der Waals surface area contributed by atoms with Gasteiger partial charge < -0.3 is 14.3 Å². The van der Waals surface area contributed by atoms with Gasteiger partial charge in [-0.05, 0) is 86.2 Å². The fourth-order valence-electron chi connectivity index (χ4n) is 3.93. The summed E-state index contributed by atoms with van der Waals surface area (Å²) in [5.74, 6) is -0.182. The first kappa shape index (κ1) is 22.7. The number of allylic oxidation sites excluding steroid dienone is 1. The van der Waals surface area contributed by atoms with Crippen molar-refractivity contribution in [3.05, 3.63) is 106 Å². The number of hydrogen-bond acceptors (Lipinski definition) is 5. The monoisotopic (exact) mass is 484 g/mol. The first-order valence-electron chi connectivity index (χ1n) is 11.0. The molecule has 6 heteroatoms. The van der Waals surface area contributed by atoms with Crippen LogP contribution in [0.2, 0.25) is 5.02 Å². The molecular weight excluding hydrogens is 464 g/mol. The number of phenolic OH excluding ortho intramolecular Hbond substituents is 1. The van der Waals surface area contributed by atoms with Crippen LogP contribution in [0.25, 0.3) is 23.1 Å². The highest BCUT2D eigenvalue weighted by Crippen LogP contribution is 2.39. The molecule has 4 aromatic rings. The molecule has 0 saturated carbocycles. The molecule has 5 nitrogen and oxygen atoms in total. The van der Waals surface area contributed by atoms with Gasteiger partial charge in [-0.3, -0.25) is 9.59 Å². The number of fused-ring (bicyclic) bond motifs is 2. The van der Waals surface area contributed by atoms with Crippen molar-refractivity contribution < 1.29 is 23.8 Å². The Morgan fingerprint density at radius 2 is 1.77 bits per heavy atom. The highest BCUT2D eigenvalue weighted by molar-refractivity contribution is 6.30. The summed E-state index contributed by atoms with van der Waals surface area (Å²) in [6, 6.07) is 16.8. The Labute approximate surface area is 206 Å². The molecule has 2 heterocycles. The lowest BCUT2D eigenvalue weighted by molar-refractivity contribution is 0.101. The molecule has 0 spiro atoms. The Bertz CT molecular complexity index is 1540. The van der Waals surface area contributed by atoms with E-state index >= 15 is 0 Å². The van der Waals surface area contributed by atoms with Crippen LogP contribution < -0.4 is 4.74 Å². The van der Waals surface area contributed by atoms with E-state index in [0.29, 0.717) is 21.9 Å². The van der Waals surface area contributed by atoms with Crippen LogP contribution >= 0.6 is 11.6 Å². The summed E-state index contributed by atoms with van der Waals surface area (Å²) in [7, 11) is 0. The molecule has 0 unspecified atom stereocenters. The molecule has 0 bridgehead atoms. The lowest BCUT2D eigenvalue weighted by atomic mass is 9.97. The van der Waals surface area contributed by atoms with Gasteiger partial charge in [0.1, 0.15) is 28.2 Å². The number of furan rings is 1. The summed E-state index contributed by atoms with van der Waals surface area (Å²) in [5.41, 5.74) is 2.04. The fourth-order valence-corrected chi connectivity index (χ4v) is 4.06. The Morgan fingerprint density at radius 1 is 1.00 bits per heavy atom. The molecule has 0 aliphatic carbocycles. The summed E-state index contributed by atoms with van der Waals surface area (Å²) in [6.07, 6.45) is 6.83. The second-order valence-corrected chi connectivity index (χ2v) is 9.29. The Balaban J connectivity index is 1.42. The Morgan fingerprint density at radius 3 is 2.54 bits per heavy atom. The zero-order valence-corrected chi connectivity index (χ0v) is 19.8. The van der Waals surface area contributed by atoms with Gasteiger partial charge in [-0.1, -0.05) is 29.8 Å². The van der Waals surface area contributed by atoms with Crippen molar-refractivity contribution in [2.75, 3.05) is 0 Å². The van der Waals surface area contributed by atoms with Crippen molar-refractivity contribution >= 4 is 46.3 Å². The first-order chi connectivity index (χ1) is 16.7. The summed E-state index contributed by atoms with van der Waals surface area (Å²) in [5, 5.41) is 11.7. The zero-order chi connectivity index (χ0) is 24.7. The molecule has 0 amide bonds. The molecule has 35 heavy (non-hydrogen) atoms. The molecule has 174 valence electrons. The van der Waals surface area contributed by atoms with E-state index in [2.05, 4.69) is 0 Å². The molecule has 1 aliphatic heterocycles. The van der Waals surface area contributed by atoms with E-state index < -0.39 is 5.60 Å². The van der Waals surface area contributed by atoms with Gasteiger partial charge in [0, 0.05) is 21.5 Å². The number of ether oxygens (including phenoxy) is 1. The summed E-state index contributed by atoms with van der Waals surface area (Å²) in [4.78, 5) is 25.8. The highest BCUT2D eigenvalue weighted by atomic mass is 35.5. The van der Waals surface area contributed by atoms with Gasteiger partial charge in [0.25, 0.3) is 0 Å². The van der Waals surface area contributed by atoms with Crippen LogP contribution in [0.5, 0.6) is 11.5 Å². The predicted molar refractivity (Wildman–Crippen MR) is 136 cm³/mol. The molecule has 1 aromatic heterocycles. The van der Waals surface area contributed by atoms with Gasteiger partial charge in [0.15, 0.2) is 11.5 Å². The Kier molecular flexibility index (Phi) is 5.58. The third-order valence-corrected chi connectivity index (χ3v) is 5.99. The van der Waals surface area contributed by atoms with Gasteiger partial charge in [-0.25, -0.2) is 0 Å². The largest absolute Gasteiger partial charge is 0.507 e. The Hall–Kier alpha value is -4.09. The van der Waals surface area contributed by atoms with Crippen LogP contribution in [-0.2, 0) is 0 Å². The second kappa shape index (κ2) is 8.60. The quantitative estimate of drug-likeness (QED) is 0.241. The number of ketones is 2. The maximum absolute atomic E-state index is 13.0. The molecule has 0 radical (unpaired) electrons. The van der Waals surface area contributed by atoms with Crippen molar-refractivity contribution in [2.45, 2.75) is 19.4 Å². The molecule has 0 fully saturated rings. The van der Waals surface area contributed by atoms with Crippen LogP contribution in [0.4, 0.5) is 0 Å². The summed E-state index contributed by atoms with van der Waals surface area (Å²) in [6.45, 7) is 3.76. The smallest absolute Gasteiger partial charge is 0.228 e. The molecule has 0 saturated heterocycles. The van der Waals surface area contributed by atoms with Crippen LogP contribution in [0.3, 0.4) is 0 Å². The maximum atomic E-state index is 13.0. The third-order valence-electron chi connectivity index (χ3n) is 5.74. The number of phenols is 1. The molecule has 3 aromatic carbocycles. The SMILES string of the molecule is CC1(C)C=Cc2ccc(O)c(C(=O)/C=C/c3ccc4oc(C(=O)c5ccc(Cl)cc5)cc4c3)c2O1. The van der Waals surface area contributed by atoms with E-state index in [1.54, 1.807) is 54.6 Å². The molecule has 1 aliphatic rings. The van der Waals surface area contributed by atoms with Gasteiger partial charge in [-0.15, -0.1) is 0 Å². The molecular formula is C29H21ClO5. The number of aromatic hydroxyl groups is 1. The van der Waals surface area contributed by atoms with Crippen molar-refractivity contribution in [3.8, 4) is 11.5 Å². The lowest BCUT2D eigenvalue weighted by Gasteiger charge is -2.29. The third kappa shape index (κ3) is 4.51. The van der Waals surface area contributed by atoms with E-state index in [-0.39, 0.29) is 28.6 Å². The topological polar surface area (TPSA) is 76.7 Å². The van der Waals surface area contributed by atoms with Gasteiger partial charge >= 0.3 is 0 Å². The maximum Gasteiger partial charge on any atom is 0.228 e.